The summed E-state index contributed by atoms with van der Waals surface area (Å²) in [6.45, 7) is 8.10. The Hall–Kier alpha value is -0.0800. The zero-order chi connectivity index (χ0) is 13.0. The van der Waals surface area contributed by atoms with E-state index in [1.165, 1.54) is 58.0 Å². The lowest BCUT2D eigenvalue weighted by Crippen LogP contribution is -2.49. The van der Waals surface area contributed by atoms with Crippen molar-refractivity contribution < 1.29 is 0 Å². The molecule has 18 heavy (non-hydrogen) atoms. The van der Waals surface area contributed by atoms with E-state index < -0.39 is 0 Å². The van der Waals surface area contributed by atoms with E-state index in [-0.39, 0.29) is 0 Å². The molecule has 2 heteroatoms. The van der Waals surface area contributed by atoms with Crippen molar-refractivity contribution in [2.45, 2.75) is 64.8 Å². The lowest BCUT2D eigenvalue weighted by molar-refractivity contribution is 0.0463. The summed E-state index contributed by atoms with van der Waals surface area (Å²) >= 11 is 0. The van der Waals surface area contributed by atoms with Gasteiger partial charge in [0.1, 0.15) is 0 Å². The fraction of sp³-hybridized carbons (Fsp3) is 1.00. The maximum Gasteiger partial charge on any atom is 0.0124 e. The molecule has 0 aromatic heterocycles. The molecule has 2 N–H and O–H groups in total. The van der Waals surface area contributed by atoms with E-state index in [4.69, 9.17) is 5.73 Å². The van der Waals surface area contributed by atoms with Crippen LogP contribution >= 0.6 is 0 Å². The highest BCUT2D eigenvalue weighted by Gasteiger charge is 2.33. The molecule has 1 aliphatic carbocycles. The van der Waals surface area contributed by atoms with Gasteiger partial charge in [-0.1, -0.05) is 26.7 Å². The fourth-order valence-corrected chi connectivity index (χ4v) is 4.20. The van der Waals surface area contributed by atoms with Gasteiger partial charge in [-0.05, 0) is 62.9 Å². The van der Waals surface area contributed by atoms with Crippen molar-refractivity contribution in [2.24, 2.45) is 23.5 Å². The van der Waals surface area contributed by atoms with E-state index in [1.807, 2.05) is 0 Å². The van der Waals surface area contributed by atoms with Crippen molar-refractivity contribution in [3.8, 4) is 0 Å². The summed E-state index contributed by atoms with van der Waals surface area (Å²) in [6.07, 6.45) is 10.1. The van der Waals surface area contributed by atoms with Crippen LogP contribution in [0.3, 0.4) is 0 Å². The Labute approximate surface area is 113 Å². The van der Waals surface area contributed by atoms with Crippen molar-refractivity contribution in [1.29, 1.82) is 0 Å². The van der Waals surface area contributed by atoms with Crippen LogP contribution in [-0.2, 0) is 0 Å². The number of hydrogen-bond acceptors (Lipinski definition) is 2. The largest absolute Gasteiger partial charge is 0.330 e. The smallest absolute Gasteiger partial charge is 0.0124 e. The van der Waals surface area contributed by atoms with Gasteiger partial charge in [-0.25, -0.2) is 0 Å². The molecule has 1 saturated carbocycles. The van der Waals surface area contributed by atoms with Gasteiger partial charge in [-0.2, -0.15) is 0 Å². The molecule has 0 bridgehead atoms. The van der Waals surface area contributed by atoms with Crippen LogP contribution in [0.2, 0.25) is 0 Å². The Morgan fingerprint density at radius 3 is 2.56 bits per heavy atom. The molecule has 0 aromatic carbocycles. The monoisotopic (exact) mass is 252 g/mol. The molecule has 0 amide bonds. The first-order chi connectivity index (χ1) is 8.70. The fourth-order valence-electron chi connectivity index (χ4n) is 4.20. The van der Waals surface area contributed by atoms with Crippen molar-refractivity contribution in [2.75, 3.05) is 19.6 Å². The number of piperidine rings is 1. The molecule has 1 heterocycles. The Morgan fingerprint density at radius 2 is 1.83 bits per heavy atom. The number of likely N-dealkylation sites (tertiary alicyclic amines) is 1. The zero-order valence-electron chi connectivity index (χ0n) is 12.4. The molecule has 2 rings (SSSR count). The van der Waals surface area contributed by atoms with Crippen molar-refractivity contribution >= 4 is 0 Å². The van der Waals surface area contributed by atoms with Gasteiger partial charge in [0, 0.05) is 12.6 Å². The standard InChI is InChI=1S/C16H32N2/c1-13(2)10-14(11-17)12-18-9-5-7-15-6-3-4-8-16(15)18/h13-16H,3-12,17H2,1-2H3/t14?,15-,16-/m1/s1. The molecule has 2 aliphatic rings. The molecule has 3 atom stereocenters. The molecule has 106 valence electrons. The third kappa shape index (κ3) is 3.71. The normalized spacial score (nSPS) is 31.3. The lowest BCUT2D eigenvalue weighted by atomic mass is 9.78. The van der Waals surface area contributed by atoms with Crippen LogP contribution in [0.4, 0.5) is 0 Å². The van der Waals surface area contributed by atoms with E-state index in [1.54, 1.807) is 0 Å². The molecule has 2 fully saturated rings. The highest BCUT2D eigenvalue weighted by Crippen LogP contribution is 2.35. The first-order valence-corrected chi connectivity index (χ1v) is 8.14. The highest BCUT2D eigenvalue weighted by molar-refractivity contribution is 4.88. The first-order valence-electron chi connectivity index (χ1n) is 8.14. The number of hydrogen-bond donors (Lipinski definition) is 1. The molecule has 0 spiro atoms. The summed E-state index contributed by atoms with van der Waals surface area (Å²) in [6, 6.07) is 0.897. The number of rotatable bonds is 5. The summed E-state index contributed by atoms with van der Waals surface area (Å²) in [4.78, 5) is 2.80. The molecule has 1 saturated heterocycles. The molecule has 1 unspecified atom stereocenters. The molecule has 1 aliphatic heterocycles. The van der Waals surface area contributed by atoms with Crippen molar-refractivity contribution in [3.05, 3.63) is 0 Å². The van der Waals surface area contributed by atoms with Gasteiger partial charge >= 0.3 is 0 Å². The molecular weight excluding hydrogens is 220 g/mol. The lowest BCUT2D eigenvalue weighted by Gasteiger charge is -2.45. The van der Waals surface area contributed by atoms with Gasteiger partial charge in [0.15, 0.2) is 0 Å². The number of nitrogens with zero attached hydrogens (tertiary/aromatic N) is 1. The summed E-state index contributed by atoms with van der Waals surface area (Å²) in [7, 11) is 0. The average molecular weight is 252 g/mol. The Morgan fingerprint density at radius 1 is 1.11 bits per heavy atom. The zero-order valence-corrected chi connectivity index (χ0v) is 12.4. The SMILES string of the molecule is CC(C)CC(CN)CN1CCC[C@H]2CCCC[C@H]21. The predicted octanol–water partition coefficient (Wildman–Crippen LogP) is 3.26. The summed E-state index contributed by atoms with van der Waals surface area (Å²) < 4.78 is 0. The second-order valence-corrected chi connectivity index (χ2v) is 6.98. The molecule has 0 aromatic rings. The Bertz CT molecular complexity index is 237. The van der Waals surface area contributed by atoms with Crippen LogP contribution in [0, 0.1) is 17.8 Å². The Kier molecular flexibility index (Phi) is 5.50. The average Bonchev–Trinajstić information content (AvgIpc) is 2.38. The second kappa shape index (κ2) is 6.91. The second-order valence-electron chi connectivity index (χ2n) is 6.98. The van der Waals surface area contributed by atoms with Crippen LogP contribution in [-0.4, -0.2) is 30.6 Å². The van der Waals surface area contributed by atoms with Gasteiger partial charge < -0.3 is 5.73 Å². The number of fused-ring (bicyclic) bond motifs is 1. The van der Waals surface area contributed by atoms with E-state index >= 15 is 0 Å². The topological polar surface area (TPSA) is 29.3 Å². The Balaban J connectivity index is 1.89. The molecular formula is C16H32N2. The van der Waals surface area contributed by atoms with Crippen LogP contribution in [0.1, 0.15) is 58.8 Å². The van der Waals surface area contributed by atoms with Gasteiger partial charge in [0.2, 0.25) is 0 Å². The van der Waals surface area contributed by atoms with Crippen LogP contribution in [0.5, 0.6) is 0 Å². The van der Waals surface area contributed by atoms with Gasteiger partial charge in [-0.15, -0.1) is 0 Å². The summed E-state index contributed by atoms with van der Waals surface area (Å²) in [5, 5.41) is 0. The van der Waals surface area contributed by atoms with E-state index in [0.29, 0.717) is 5.92 Å². The minimum Gasteiger partial charge on any atom is -0.330 e. The van der Waals surface area contributed by atoms with Gasteiger partial charge in [0.05, 0.1) is 0 Å². The molecule has 2 nitrogen and oxygen atoms in total. The minimum absolute atomic E-state index is 0.714. The summed E-state index contributed by atoms with van der Waals surface area (Å²) in [5.74, 6) is 2.50. The van der Waals surface area contributed by atoms with Gasteiger partial charge in [-0.3, -0.25) is 4.90 Å². The minimum atomic E-state index is 0.714. The van der Waals surface area contributed by atoms with Crippen LogP contribution in [0.25, 0.3) is 0 Å². The van der Waals surface area contributed by atoms with E-state index in [9.17, 15) is 0 Å². The molecule has 0 radical (unpaired) electrons. The number of nitrogens with two attached hydrogens (primary N) is 1. The first kappa shape index (κ1) is 14.3. The maximum absolute atomic E-state index is 5.98. The third-order valence-corrected chi connectivity index (χ3v) is 4.99. The highest BCUT2D eigenvalue weighted by atomic mass is 15.2. The van der Waals surface area contributed by atoms with E-state index in [2.05, 4.69) is 18.7 Å². The predicted molar refractivity (Wildman–Crippen MR) is 78.6 cm³/mol. The maximum atomic E-state index is 5.98. The van der Waals surface area contributed by atoms with Gasteiger partial charge in [0.25, 0.3) is 0 Å². The third-order valence-electron chi connectivity index (χ3n) is 4.99. The summed E-state index contributed by atoms with van der Waals surface area (Å²) in [5.41, 5.74) is 5.98. The van der Waals surface area contributed by atoms with Crippen LogP contribution in [0.15, 0.2) is 0 Å². The van der Waals surface area contributed by atoms with Crippen LogP contribution < -0.4 is 5.73 Å². The van der Waals surface area contributed by atoms with Crippen molar-refractivity contribution in [1.82, 2.24) is 4.90 Å². The van der Waals surface area contributed by atoms with E-state index in [0.717, 1.165) is 24.4 Å². The quantitative estimate of drug-likeness (QED) is 0.814. The van der Waals surface area contributed by atoms with Crippen molar-refractivity contribution in [3.63, 3.8) is 0 Å².